The number of carboxylic acid groups (broad SMARTS) is 1. The Kier molecular flexibility index (Phi) is 6.99. The summed E-state index contributed by atoms with van der Waals surface area (Å²) in [5.74, 6) is -0.803. The van der Waals surface area contributed by atoms with Crippen LogP contribution < -0.4 is 0 Å². The number of β-lactam (4-membered cyclic amide) rings is 1. The zero-order chi connectivity index (χ0) is 24.8. The van der Waals surface area contributed by atoms with Gasteiger partial charge in [0.15, 0.2) is 5.70 Å². The topological polar surface area (TPSA) is 66.8 Å². The lowest BCUT2D eigenvalue weighted by Crippen LogP contribution is -2.69. The van der Waals surface area contributed by atoms with Crippen LogP contribution in [0.5, 0.6) is 0 Å². The summed E-state index contributed by atoms with van der Waals surface area (Å²) in [6.45, 7) is 12.5. The quantitative estimate of drug-likeness (QED) is 0.346. The van der Waals surface area contributed by atoms with Gasteiger partial charge in [-0.05, 0) is 48.2 Å². The number of fused-ring (bicyclic) bond motifs is 2. The van der Waals surface area contributed by atoms with Gasteiger partial charge in [0.05, 0.1) is 15.8 Å². The molecule has 0 saturated carbocycles. The molecule has 3 atom stereocenters. The minimum atomic E-state index is -1.07. The molecule has 0 spiro atoms. The summed E-state index contributed by atoms with van der Waals surface area (Å²) in [6.07, 6.45) is 0.825. The van der Waals surface area contributed by atoms with Crippen LogP contribution in [0.15, 0.2) is 52.4 Å². The number of aliphatic carboxylic acids is 1. The number of carbonyl (C=O) groups excluding carboxylic acids is 1. The first kappa shape index (κ1) is 25.4. The number of carboxylic acids is 1. The molecule has 1 N–H and O–H groups in total. The number of nitrogens with zero attached hydrogens (tertiary/aromatic N) is 1. The van der Waals surface area contributed by atoms with Crippen molar-refractivity contribution in [2.75, 3.05) is 5.75 Å². The molecule has 34 heavy (non-hydrogen) atoms. The number of aryl methyl sites for hydroxylation is 1. The van der Waals surface area contributed by atoms with Gasteiger partial charge < -0.3 is 9.53 Å². The Morgan fingerprint density at radius 1 is 1.15 bits per heavy atom. The van der Waals surface area contributed by atoms with E-state index in [-0.39, 0.29) is 28.3 Å². The Labute approximate surface area is 212 Å². The number of thioether (sulfide) groups is 2. The largest absolute Gasteiger partial charge is 0.477 e. The molecule has 2 aromatic carbocycles. The standard InChI is InChI=1S/C26H32NO4S2Si/c1-25(2,3)26(4,31-34(5)6)19-21(28)27-20(23(29)30)24(33-22(19)27)32-15-14-17-12-9-11-16-10-7-8-13-18(16)17/h7-13,19,22H,14-15H2,1-6H3,(H,29,30)/t19-,22-,26+/m1/s1. The molecule has 0 unspecified atom stereocenters. The van der Waals surface area contributed by atoms with Gasteiger partial charge in [-0.1, -0.05) is 75.0 Å². The number of hydrogen-bond donors (Lipinski definition) is 1. The van der Waals surface area contributed by atoms with Gasteiger partial charge in [-0.15, -0.1) is 11.8 Å². The molecular formula is C26H32NO4S2Si. The fraction of sp³-hybridized carbons (Fsp3) is 0.462. The number of carbonyl (C=O) groups is 2. The van der Waals surface area contributed by atoms with E-state index in [1.165, 1.54) is 33.0 Å². The van der Waals surface area contributed by atoms with Crippen molar-refractivity contribution >= 4 is 55.2 Å². The van der Waals surface area contributed by atoms with E-state index in [0.717, 1.165) is 16.4 Å². The summed E-state index contributed by atoms with van der Waals surface area (Å²) in [4.78, 5) is 27.0. The van der Waals surface area contributed by atoms with Crippen molar-refractivity contribution in [2.24, 2.45) is 11.3 Å². The lowest BCUT2D eigenvalue weighted by Gasteiger charge is -2.56. The highest BCUT2D eigenvalue weighted by Gasteiger charge is 2.65. The summed E-state index contributed by atoms with van der Waals surface area (Å²) in [5.41, 5.74) is 0.449. The summed E-state index contributed by atoms with van der Waals surface area (Å²) >= 11 is 3.06. The maximum Gasteiger partial charge on any atom is 0.354 e. The molecule has 2 heterocycles. The molecule has 5 nitrogen and oxygen atoms in total. The smallest absolute Gasteiger partial charge is 0.354 e. The summed E-state index contributed by atoms with van der Waals surface area (Å²) in [5, 5.41) is 12.2. The minimum absolute atomic E-state index is 0.133. The zero-order valence-electron chi connectivity index (χ0n) is 20.5. The number of benzene rings is 2. The zero-order valence-corrected chi connectivity index (χ0v) is 23.2. The van der Waals surface area contributed by atoms with E-state index in [1.54, 1.807) is 11.8 Å². The van der Waals surface area contributed by atoms with E-state index in [1.807, 2.05) is 19.1 Å². The third-order valence-electron chi connectivity index (χ3n) is 6.89. The fourth-order valence-corrected chi connectivity index (χ4v) is 9.03. The molecule has 1 radical (unpaired) electrons. The predicted molar refractivity (Wildman–Crippen MR) is 143 cm³/mol. The van der Waals surface area contributed by atoms with Gasteiger partial charge in [-0.2, -0.15) is 0 Å². The second-order valence-corrected chi connectivity index (χ2v) is 14.8. The first-order valence-corrected chi connectivity index (χ1v) is 15.8. The molecule has 0 aromatic heterocycles. The van der Waals surface area contributed by atoms with E-state index in [2.05, 4.69) is 64.2 Å². The van der Waals surface area contributed by atoms with E-state index in [4.69, 9.17) is 4.43 Å². The van der Waals surface area contributed by atoms with E-state index in [0.29, 0.717) is 0 Å². The molecule has 2 aliphatic rings. The van der Waals surface area contributed by atoms with Gasteiger partial charge in [-0.25, -0.2) is 4.79 Å². The normalized spacial score (nSPS) is 22.2. The Balaban J connectivity index is 1.54. The van der Waals surface area contributed by atoms with Crippen LogP contribution in [0.3, 0.4) is 0 Å². The van der Waals surface area contributed by atoms with Gasteiger partial charge in [0.25, 0.3) is 0 Å². The Hall–Kier alpha value is -1.74. The van der Waals surface area contributed by atoms with E-state index >= 15 is 0 Å². The molecule has 2 aromatic rings. The van der Waals surface area contributed by atoms with E-state index in [9.17, 15) is 14.7 Å². The van der Waals surface area contributed by atoms with Gasteiger partial charge in [0, 0.05) is 5.75 Å². The highest BCUT2D eigenvalue weighted by Crippen LogP contribution is 2.58. The van der Waals surface area contributed by atoms with Crippen molar-refractivity contribution in [3.05, 3.63) is 58.0 Å². The molecule has 1 fully saturated rings. The summed E-state index contributed by atoms with van der Waals surface area (Å²) in [7, 11) is -1.07. The van der Waals surface area contributed by atoms with Crippen molar-refractivity contribution in [3.63, 3.8) is 0 Å². The van der Waals surface area contributed by atoms with Crippen molar-refractivity contribution < 1.29 is 19.1 Å². The van der Waals surface area contributed by atoms with Crippen molar-refractivity contribution in [2.45, 2.75) is 58.2 Å². The Morgan fingerprint density at radius 2 is 1.82 bits per heavy atom. The van der Waals surface area contributed by atoms with Crippen LogP contribution in [0.1, 0.15) is 33.3 Å². The molecule has 2 aliphatic heterocycles. The Bertz CT molecular complexity index is 1150. The SMILES string of the molecule is C[Si](C)O[C@@](C)([C@@H]1C(=O)N2C(C(=O)O)=C(SCCc3cccc4ccccc34)S[C@H]12)C(C)(C)C. The monoisotopic (exact) mass is 514 g/mol. The van der Waals surface area contributed by atoms with Gasteiger partial charge in [-0.3, -0.25) is 9.69 Å². The maximum atomic E-state index is 13.4. The Morgan fingerprint density at radius 3 is 2.47 bits per heavy atom. The average Bonchev–Trinajstić information content (AvgIpc) is 3.07. The average molecular weight is 515 g/mol. The highest BCUT2D eigenvalue weighted by molar-refractivity contribution is 8.22. The van der Waals surface area contributed by atoms with Crippen LogP contribution in [-0.4, -0.2) is 47.7 Å². The third-order valence-corrected chi connectivity index (χ3v) is 10.4. The molecule has 4 rings (SSSR count). The first-order chi connectivity index (χ1) is 16.0. The number of amides is 1. The lowest BCUT2D eigenvalue weighted by atomic mass is 9.66. The second-order valence-electron chi connectivity index (χ2n) is 10.2. The van der Waals surface area contributed by atoms with Crippen molar-refractivity contribution in [3.8, 4) is 0 Å². The van der Waals surface area contributed by atoms with Crippen LogP contribution in [0, 0.1) is 11.3 Å². The third kappa shape index (κ3) is 4.34. The fourth-order valence-electron chi connectivity index (χ4n) is 4.76. The van der Waals surface area contributed by atoms with Crippen LogP contribution in [0.2, 0.25) is 13.1 Å². The van der Waals surface area contributed by atoms with Crippen LogP contribution in [-0.2, 0) is 20.4 Å². The lowest BCUT2D eigenvalue weighted by molar-refractivity contribution is -0.173. The van der Waals surface area contributed by atoms with Gasteiger partial charge >= 0.3 is 5.97 Å². The maximum absolute atomic E-state index is 13.4. The van der Waals surface area contributed by atoms with Gasteiger partial charge in [0.1, 0.15) is 5.37 Å². The molecular weight excluding hydrogens is 483 g/mol. The summed E-state index contributed by atoms with van der Waals surface area (Å²) < 4.78 is 7.19. The van der Waals surface area contributed by atoms with Gasteiger partial charge in [0.2, 0.25) is 14.9 Å². The summed E-state index contributed by atoms with van der Waals surface area (Å²) in [6, 6.07) is 14.6. The molecule has 8 heteroatoms. The second kappa shape index (κ2) is 9.37. The molecule has 1 amide bonds. The van der Waals surface area contributed by atoms with E-state index < -0.39 is 20.6 Å². The molecule has 1 saturated heterocycles. The highest BCUT2D eigenvalue weighted by atomic mass is 32.2. The number of rotatable bonds is 8. The molecule has 0 bridgehead atoms. The molecule has 181 valence electrons. The first-order valence-electron chi connectivity index (χ1n) is 11.5. The minimum Gasteiger partial charge on any atom is -0.477 e. The predicted octanol–water partition coefficient (Wildman–Crippen LogP) is 5.97. The van der Waals surface area contributed by atoms with Crippen LogP contribution in [0.25, 0.3) is 10.8 Å². The van der Waals surface area contributed by atoms with Crippen molar-refractivity contribution in [1.82, 2.24) is 4.90 Å². The van der Waals surface area contributed by atoms with Crippen LogP contribution in [0.4, 0.5) is 0 Å². The molecule has 0 aliphatic carbocycles. The number of hydrogen-bond acceptors (Lipinski definition) is 5. The van der Waals surface area contributed by atoms with Crippen molar-refractivity contribution in [1.29, 1.82) is 0 Å². The van der Waals surface area contributed by atoms with Crippen LogP contribution >= 0.6 is 23.5 Å².